The molecule has 122 valence electrons. The maximum absolute atomic E-state index is 11.9. The van der Waals surface area contributed by atoms with E-state index < -0.39 is 17.4 Å². The molecule has 1 amide bonds. The minimum Gasteiger partial charge on any atom is -0.478 e. The van der Waals surface area contributed by atoms with Crippen LogP contribution in [-0.2, 0) is 4.79 Å². The molecule has 0 radical (unpaired) electrons. The molecular weight excluding hydrogens is 284 g/mol. The Kier molecular flexibility index (Phi) is 8.67. The number of para-hydroxylation sites is 1. The molecule has 0 aliphatic rings. The standard InChI is InChI=1S/C14H18N2O4.C2H6/c1-3-8-14(2,16-20)9-12(17)15-11-7-5-4-6-10(11)13(18)19;1-2/h4-7H,3,8-9H2,1-2H3,(H,15,17)(H,18,19);1-2H3. The van der Waals surface area contributed by atoms with E-state index in [2.05, 4.69) is 10.5 Å². The SMILES string of the molecule is CC.CCCC(C)(CC(=O)Nc1ccccc1C(=O)O)N=O. The largest absolute Gasteiger partial charge is 0.478 e. The second-order valence-corrected chi connectivity index (χ2v) is 4.91. The number of nitroso groups, excluding NO2 is 1. The van der Waals surface area contributed by atoms with E-state index in [1.54, 1.807) is 19.1 Å². The maximum atomic E-state index is 11.9. The number of hydrogen-bond donors (Lipinski definition) is 2. The molecule has 6 heteroatoms. The Bertz CT molecular complexity index is 517. The molecule has 0 saturated heterocycles. The molecule has 0 saturated carbocycles. The Morgan fingerprint density at radius 3 is 2.36 bits per heavy atom. The lowest BCUT2D eigenvalue weighted by Crippen LogP contribution is -2.29. The highest BCUT2D eigenvalue weighted by Crippen LogP contribution is 2.23. The minimum atomic E-state index is -1.12. The number of hydrogen-bond acceptors (Lipinski definition) is 4. The zero-order valence-electron chi connectivity index (χ0n) is 13.5. The summed E-state index contributed by atoms with van der Waals surface area (Å²) in [6, 6.07) is 6.12. The number of carbonyl (C=O) groups excluding carboxylic acids is 1. The Balaban J connectivity index is 0.00000211. The highest BCUT2D eigenvalue weighted by molar-refractivity contribution is 6.00. The van der Waals surface area contributed by atoms with Crippen LogP contribution in [0.2, 0.25) is 0 Å². The number of anilines is 1. The van der Waals surface area contributed by atoms with Gasteiger partial charge in [-0.25, -0.2) is 4.79 Å². The van der Waals surface area contributed by atoms with Crippen molar-refractivity contribution in [1.82, 2.24) is 0 Å². The van der Waals surface area contributed by atoms with Crippen molar-refractivity contribution in [2.75, 3.05) is 5.32 Å². The molecule has 0 aliphatic heterocycles. The number of amides is 1. The number of nitrogens with one attached hydrogen (secondary N) is 1. The number of nitrogens with zero attached hydrogens (tertiary/aromatic N) is 1. The second kappa shape index (κ2) is 9.65. The van der Waals surface area contributed by atoms with Crippen LogP contribution in [0, 0.1) is 4.91 Å². The van der Waals surface area contributed by atoms with Crippen molar-refractivity contribution in [2.24, 2.45) is 5.18 Å². The molecule has 6 nitrogen and oxygen atoms in total. The normalized spacial score (nSPS) is 12.4. The van der Waals surface area contributed by atoms with Crippen LogP contribution in [0.3, 0.4) is 0 Å². The van der Waals surface area contributed by atoms with Crippen molar-refractivity contribution in [2.45, 2.75) is 52.5 Å². The monoisotopic (exact) mass is 308 g/mol. The van der Waals surface area contributed by atoms with Gasteiger partial charge in [0.2, 0.25) is 5.91 Å². The third-order valence-corrected chi connectivity index (χ3v) is 2.98. The fraction of sp³-hybridized carbons (Fsp3) is 0.500. The summed E-state index contributed by atoms with van der Waals surface area (Å²) in [5.74, 6) is -1.54. The van der Waals surface area contributed by atoms with Crippen LogP contribution in [0.1, 0.15) is 57.3 Å². The van der Waals surface area contributed by atoms with Gasteiger partial charge in [0.25, 0.3) is 0 Å². The van der Waals surface area contributed by atoms with Crippen molar-refractivity contribution in [3.63, 3.8) is 0 Å². The van der Waals surface area contributed by atoms with Crippen molar-refractivity contribution in [3.8, 4) is 0 Å². The third-order valence-electron chi connectivity index (χ3n) is 2.98. The molecule has 1 atom stereocenters. The van der Waals surface area contributed by atoms with Gasteiger partial charge in [-0.05, 0) is 25.5 Å². The van der Waals surface area contributed by atoms with E-state index in [0.29, 0.717) is 6.42 Å². The van der Waals surface area contributed by atoms with E-state index in [1.807, 2.05) is 20.8 Å². The average molecular weight is 308 g/mol. The molecule has 1 aromatic rings. The maximum Gasteiger partial charge on any atom is 0.337 e. The zero-order chi connectivity index (χ0) is 17.2. The molecule has 0 spiro atoms. The lowest BCUT2D eigenvalue weighted by molar-refractivity contribution is -0.117. The van der Waals surface area contributed by atoms with Gasteiger partial charge in [-0.15, -0.1) is 0 Å². The molecule has 22 heavy (non-hydrogen) atoms. The lowest BCUT2D eigenvalue weighted by atomic mass is 9.93. The molecule has 2 N–H and O–H groups in total. The van der Waals surface area contributed by atoms with Crippen LogP contribution >= 0.6 is 0 Å². The Morgan fingerprint density at radius 1 is 1.27 bits per heavy atom. The first-order chi connectivity index (χ1) is 10.4. The van der Waals surface area contributed by atoms with Crippen LogP contribution in [0.4, 0.5) is 5.69 Å². The summed E-state index contributed by atoms with van der Waals surface area (Å²) in [5.41, 5.74) is -0.733. The molecule has 1 rings (SSSR count). The van der Waals surface area contributed by atoms with E-state index in [4.69, 9.17) is 5.11 Å². The summed E-state index contributed by atoms with van der Waals surface area (Å²) in [5, 5.41) is 14.6. The summed E-state index contributed by atoms with van der Waals surface area (Å²) < 4.78 is 0. The summed E-state index contributed by atoms with van der Waals surface area (Å²) in [4.78, 5) is 33.8. The number of rotatable bonds is 7. The first kappa shape index (κ1) is 19.8. The van der Waals surface area contributed by atoms with E-state index in [-0.39, 0.29) is 17.7 Å². The molecule has 0 bridgehead atoms. The summed E-state index contributed by atoms with van der Waals surface area (Å²) in [6.45, 7) is 7.52. The smallest absolute Gasteiger partial charge is 0.337 e. The molecule has 0 aromatic heterocycles. The molecular formula is C16H24N2O4. The summed E-state index contributed by atoms with van der Waals surface area (Å²) >= 11 is 0. The fourth-order valence-corrected chi connectivity index (χ4v) is 2.02. The predicted molar refractivity (Wildman–Crippen MR) is 87.1 cm³/mol. The third kappa shape index (κ3) is 6.03. The molecule has 0 fully saturated rings. The molecule has 1 unspecified atom stereocenters. The van der Waals surface area contributed by atoms with Crippen LogP contribution in [0.25, 0.3) is 0 Å². The van der Waals surface area contributed by atoms with Gasteiger partial charge < -0.3 is 10.4 Å². The van der Waals surface area contributed by atoms with Crippen LogP contribution in [-0.4, -0.2) is 22.5 Å². The van der Waals surface area contributed by atoms with Crippen molar-refractivity contribution < 1.29 is 14.7 Å². The zero-order valence-corrected chi connectivity index (χ0v) is 13.5. The Labute approximate surface area is 130 Å². The predicted octanol–water partition coefficient (Wildman–Crippen LogP) is 4.06. The van der Waals surface area contributed by atoms with Crippen LogP contribution in [0.5, 0.6) is 0 Å². The highest BCUT2D eigenvalue weighted by Gasteiger charge is 2.28. The number of benzene rings is 1. The summed E-state index contributed by atoms with van der Waals surface area (Å²) in [6.07, 6.45) is 1.17. The van der Waals surface area contributed by atoms with E-state index in [9.17, 15) is 14.5 Å². The quantitative estimate of drug-likeness (QED) is 0.742. The number of aromatic carboxylic acids is 1. The van der Waals surface area contributed by atoms with Gasteiger partial charge in [0.15, 0.2) is 0 Å². The first-order valence-electron chi connectivity index (χ1n) is 7.38. The van der Waals surface area contributed by atoms with Gasteiger partial charge >= 0.3 is 5.97 Å². The highest BCUT2D eigenvalue weighted by atomic mass is 16.4. The van der Waals surface area contributed by atoms with Crippen LogP contribution in [0.15, 0.2) is 29.4 Å². The van der Waals surface area contributed by atoms with Gasteiger partial charge in [0.1, 0.15) is 5.54 Å². The average Bonchev–Trinajstić information content (AvgIpc) is 2.49. The minimum absolute atomic E-state index is 0.0112. The van der Waals surface area contributed by atoms with Crippen molar-refractivity contribution >= 4 is 17.6 Å². The topological polar surface area (TPSA) is 95.8 Å². The van der Waals surface area contributed by atoms with E-state index >= 15 is 0 Å². The Morgan fingerprint density at radius 2 is 1.86 bits per heavy atom. The number of carbonyl (C=O) groups is 2. The van der Waals surface area contributed by atoms with Gasteiger partial charge in [-0.1, -0.05) is 44.5 Å². The first-order valence-corrected chi connectivity index (χ1v) is 7.38. The molecule has 0 heterocycles. The lowest BCUT2D eigenvalue weighted by Gasteiger charge is -2.20. The number of carboxylic acid groups (broad SMARTS) is 1. The molecule has 0 aliphatic carbocycles. The van der Waals surface area contributed by atoms with Gasteiger partial charge in [0.05, 0.1) is 17.7 Å². The number of carboxylic acids is 1. The summed E-state index contributed by atoms with van der Waals surface area (Å²) in [7, 11) is 0. The van der Waals surface area contributed by atoms with Gasteiger partial charge in [-0.3, -0.25) is 4.79 Å². The van der Waals surface area contributed by atoms with E-state index in [1.165, 1.54) is 12.1 Å². The second-order valence-electron chi connectivity index (χ2n) is 4.91. The van der Waals surface area contributed by atoms with Crippen molar-refractivity contribution in [3.05, 3.63) is 34.7 Å². The van der Waals surface area contributed by atoms with Gasteiger partial charge in [-0.2, -0.15) is 4.91 Å². The van der Waals surface area contributed by atoms with E-state index in [0.717, 1.165) is 6.42 Å². The molecule has 1 aromatic carbocycles. The van der Waals surface area contributed by atoms with Crippen LogP contribution < -0.4 is 5.32 Å². The fourth-order valence-electron chi connectivity index (χ4n) is 2.02. The van der Waals surface area contributed by atoms with Crippen molar-refractivity contribution in [1.29, 1.82) is 0 Å². The Hall–Kier alpha value is -2.24. The van der Waals surface area contributed by atoms with Gasteiger partial charge in [0, 0.05) is 0 Å².